The Hall–Kier alpha value is -0.560. The monoisotopic (exact) mass is 354 g/mol. The van der Waals surface area contributed by atoms with Crippen molar-refractivity contribution in [2.75, 3.05) is 0 Å². The lowest BCUT2D eigenvalue weighted by Gasteiger charge is -2.39. The molecule has 0 saturated heterocycles. The fourth-order valence-corrected chi connectivity index (χ4v) is 3.70. The van der Waals surface area contributed by atoms with Gasteiger partial charge in [0.25, 0.3) is 0 Å². The molecule has 1 aliphatic rings. The lowest BCUT2D eigenvalue weighted by molar-refractivity contribution is 0.145. The Bertz CT molecular complexity index is 372. The van der Waals surface area contributed by atoms with Gasteiger partial charge in [0.2, 0.25) is 0 Å². The SMILES string of the molecule is C/C=C/C1CC(C)C1C.CCCC/C=C(/C)C(C)C(C)CC(C)C.O.[HH]. The molecule has 152 valence electrons. The smallest absolute Gasteiger partial charge is 0 e. The molecule has 0 bridgehead atoms. The predicted octanol–water partition coefficient (Wildman–Crippen LogP) is 7.72. The molecule has 1 fully saturated rings. The Morgan fingerprint density at radius 3 is 2.16 bits per heavy atom. The third kappa shape index (κ3) is 10.9. The molecule has 0 aromatic rings. The molecule has 0 aromatic carbocycles. The van der Waals surface area contributed by atoms with E-state index < -0.39 is 0 Å². The highest BCUT2D eigenvalue weighted by atomic mass is 16.0. The van der Waals surface area contributed by atoms with Gasteiger partial charge in [-0.2, -0.15) is 0 Å². The average molecular weight is 355 g/mol. The van der Waals surface area contributed by atoms with Crippen molar-refractivity contribution < 1.29 is 6.90 Å². The lowest BCUT2D eigenvalue weighted by atomic mass is 9.67. The molecule has 1 saturated carbocycles. The number of hydrogen-bond donors (Lipinski definition) is 0. The van der Waals surface area contributed by atoms with Crippen molar-refractivity contribution in [1.82, 2.24) is 0 Å². The Morgan fingerprint density at radius 1 is 1.16 bits per heavy atom. The van der Waals surface area contributed by atoms with E-state index in [0.29, 0.717) is 0 Å². The van der Waals surface area contributed by atoms with Crippen molar-refractivity contribution in [3.05, 3.63) is 23.8 Å². The highest BCUT2D eigenvalue weighted by Crippen LogP contribution is 2.40. The fourth-order valence-electron chi connectivity index (χ4n) is 3.70. The second kappa shape index (κ2) is 14.6. The summed E-state index contributed by atoms with van der Waals surface area (Å²) in [6, 6.07) is 0. The van der Waals surface area contributed by atoms with Crippen molar-refractivity contribution in [3.63, 3.8) is 0 Å². The second-order valence-corrected chi connectivity index (χ2v) is 8.75. The molecule has 0 amide bonds. The van der Waals surface area contributed by atoms with E-state index in [-0.39, 0.29) is 6.90 Å². The number of unbranched alkanes of at least 4 members (excludes halogenated alkanes) is 2. The standard InChI is InChI=1S/C15H30.C9H16.H2O.H2/c1-7-8-9-10-13(4)15(6)14(5)11-12(2)3;1-4-5-9-6-7(2)8(9)3;;/h10,12,14-15H,7-9,11H2,1-6H3;4-5,7-9H,6H2,1-3H3;1H2;1H/b13-10-;5-4+;;. The van der Waals surface area contributed by atoms with E-state index in [0.717, 1.165) is 35.5 Å². The van der Waals surface area contributed by atoms with Crippen molar-refractivity contribution in [3.8, 4) is 0 Å². The molecule has 0 aromatic heterocycles. The van der Waals surface area contributed by atoms with Crippen LogP contribution in [0.3, 0.4) is 0 Å². The summed E-state index contributed by atoms with van der Waals surface area (Å²) in [5.41, 5.74) is 1.59. The minimum Gasteiger partial charge on any atom is -0.412 e. The molecular weight excluding hydrogens is 304 g/mol. The first kappa shape index (κ1) is 26.7. The van der Waals surface area contributed by atoms with Crippen LogP contribution in [-0.4, -0.2) is 5.48 Å². The third-order valence-corrected chi connectivity index (χ3v) is 6.10. The molecular formula is C24H50O. The van der Waals surface area contributed by atoms with Crippen LogP contribution < -0.4 is 0 Å². The summed E-state index contributed by atoms with van der Waals surface area (Å²) in [4.78, 5) is 0. The summed E-state index contributed by atoms with van der Waals surface area (Å²) in [6.45, 7) is 20.8. The summed E-state index contributed by atoms with van der Waals surface area (Å²) in [5.74, 6) is 5.19. The van der Waals surface area contributed by atoms with Crippen LogP contribution in [-0.2, 0) is 0 Å². The zero-order chi connectivity index (χ0) is 18.7. The zero-order valence-corrected chi connectivity index (χ0v) is 18.7. The molecule has 0 spiro atoms. The Morgan fingerprint density at radius 2 is 1.76 bits per heavy atom. The molecule has 25 heavy (non-hydrogen) atoms. The molecule has 2 N–H and O–H groups in total. The topological polar surface area (TPSA) is 31.5 Å². The van der Waals surface area contributed by atoms with Crippen molar-refractivity contribution in [2.24, 2.45) is 35.5 Å². The normalized spacial score (nSPS) is 25.7. The molecule has 5 unspecified atom stereocenters. The maximum atomic E-state index is 2.45. The summed E-state index contributed by atoms with van der Waals surface area (Å²) >= 11 is 0. The average Bonchev–Trinajstić information content (AvgIpc) is 2.53. The van der Waals surface area contributed by atoms with Crippen LogP contribution in [0.4, 0.5) is 0 Å². The van der Waals surface area contributed by atoms with Gasteiger partial charge in [0, 0.05) is 1.43 Å². The predicted molar refractivity (Wildman–Crippen MR) is 118 cm³/mol. The highest BCUT2D eigenvalue weighted by molar-refractivity contribution is 5.03. The van der Waals surface area contributed by atoms with Crippen LogP contribution in [0.5, 0.6) is 0 Å². The van der Waals surface area contributed by atoms with Gasteiger partial charge in [0.15, 0.2) is 0 Å². The first-order valence-electron chi connectivity index (χ1n) is 10.5. The number of hydrogen-bond acceptors (Lipinski definition) is 0. The van der Waals surface area contributed by atoms with Crippen molar-refractivity contribution in [1.29, 1.82) is 0 Å². The van der Waals surface area contributed by atoms with Crippen LogP contribution >= 0.6 is 0 Å². The van der Waals surface area contributed by atoms with E-state index in [2.05, 4.69) is 80.5 Å². The van der Waals surface area contributed by atoms with Gasteiger partial charge in [0.05, 0.1) is 0 Å². The summed E-state index contributed by atoms with van der Waals surface area (Å²) in [5, 5.41) is 0. The van der Waals surface area contributed by atoms with Crippen molar-refractivity contribution in [2.45, 2.75) is 94.4 Å². The molecule has 1 nitrogen and oxygen atoms in total. The Kier molecular flexibility index (Phi) is 15.6. The van der Waals surface area contributed by atoms with E-state index in [9.17, 15) is 0 Å². The summed E-state index contributed by atoms with van der Waals surface area (Å²) < 4.78 is 0. The third-order valence-electron chi connectivity index (χ3n) is 6.10. The van der Waals surface area contributed by atoms with E-state index >= 15 is 0 Å². The van der Waals surface area contributed by atoms with Gasteiger partial charge in [-0.05, 0) is 68.6 Å². The molecule has 5 atom stereocenters. The van der Waals surface area contributed by atoms with E-state index in [1.807, 2.05) is 0 Å². The van der Waals surface area contributed by atoms with Crippen LogP contribution in [0.2, 0.25) is 0 Å². The first-order valence-corrected chi connectivity index (χ1v) is 10.5. The number of rotatable bonds is 8. The summed E-state index contributed by atoms with van der Waals surface area (Å²) in [7, 11) is 0. The van der Waals surface area contributed by atoms with Crippen molar-refractivity contribution >= 4 is 0 Å². The lowest BCUT2D eigenvalue weighted by Crippen LogP contribution is -2.30. The molecule has 0 radical (unpaired) electrons. The second-order valence-electron chi connectivity index (χ2n) is 8.75. The van der Waals surface area contributed by atoms with Gasteiger partial charge in [-0.3, -0.25) is 0 Å². The molecule has 1 heteroatoms. The van der Waals surface area contributed by atoms with Crippen LogP contribution in [0.1, 0.15) is 95.8 Å². The van der Waals surface area contributed by atoms with Gasteiger partial charge < -0.3 is 5.48 Å². The van der Waals surface area contributed by atoms with E-state index in [4.69, 9.17) is 0 Å². The minimum atomic E-state index is 0. The summed E-state index contributed by atoms with van der Waals surface area (Å²) in [6.07, 6.45) is 13.6. The molecule has 0 aliphatic heterocycles. The van der Waals surface area contributed by atoms with Gasteiger partial charge in [0.1, 0.15) is 0 Å². The molecule has 1 aliphatic carbocycles. The zero-order valence-electron chi connectivity index (χ0n) is 18.7. The van der Waals surface area contributed by atoms with Crippen LogP contribution in [0.15, 0.2) is 23.8 Å². The number of allylic oxidation sites excluding steroid dienone is 4. The quantitative estimate of drug-likeness (QED) is 0.315. The molecule has 1 rings (SSSR count). The molecule has 0 heterocycles. The first-order chi connectivity index (χ1) is 11.2. The fraction of sp³-hybridized carbons (Fsp3) is 0.833. The van der Waals surface area contributed by atoms with Gasteiger partial charge in [-0.25, -0.2) is 0 Å². The van der Waals surface area contributed by atoms with Gasteiger partial charge in [-0.15, -0.1) is 0 Å². The maximum absolute atomic E-state index is 2.45. The van der Waals surface area contributed by atoms with E-state index in [1.54, 1.807) is 5.57 Å². The maximum Gasteiger partial charge on any atom is 0 e. The Balaban J connectivity index is -0.000000414. The Labute approximate surface area is 161 Å². The largest absolute Gasteiger partial charge is 0.412 e. The highest BCUT2D eigenvalue weighted by Gasteiger charge is 2.31. The van der Waals surface area contributed by atoms with Gasteiger partial charge >= 0.3 is 0 Å². The van der Waals surface area contributed by atoms with Crippen LogP contribution in [0, 0.1) is 35.5 Å². The minimum absolute atomic E-state index is 0. The van der Waals surface area contributed by atoms with E-state index in [1.165, 1.54) is 32.1 Å². The van der Waals surface area contributed by atoms with Gasteiger partial charge in [-0.1, -0.05) is 85.1 Å². The van der Waals surface area contributed by atoms with Crippen LogP contribution in [0.25, 0.3) is 0 Å².